The number of hydrogen-bond donors (Lipinski definition) is 1. The molecule has 1 aliphatic carbocycles. The number of pyridine rings is 1. The molecule has 1 aromatic rings. The van der Waals surface area contributed by atoms with E-state index in [9.17, 15) is 0 Å². The van der Waals surface area contributed by atoms with E-state index in [-0.39, 0.29) is 0 Å². The van der Waals surface area contributed by atoms with Crippen molar-refractivity contribution >= 4 is 0 Å². The van der Waals surface area contributed by atoms with Gasteiger partial charge in [0.2, 0.25) is 5.88 Å². The molecule has 19 heavy (non-hydrogen) atoms. The van der Waals surface area contributed by atoms with Gasteiger partial charge in [0.15, 0.2) is 0 Å². The molecule has 1 heterocycles. The van der Waals surface area contributed by atoms with Gasteiger partial charge in [0.05, 0.1) is 7.11 Å². The Balaban J connectivity index is 1.61. The molecular formula is C16H26N2O. The third-order valence-electron chi connectivity index (χ3n) is 4.20. The van der Waals surface area contributed by atoms with Crippen molar-refractivity contribution < 1.29 is 4.74 Å². The highest BCUT2D eigenvalue weighted by molar-refractivity contribution is 5.17. The summed E-state index contributed by atoms with van der Waals surface area (Å²) >= 11 is 0. The molecule has 3 heteroatoms. The lowest BCUT2D eigenvalue weighted by atomic mass is 9.81. The van der Waals surface area contributed by atoms with Crippen LogP contribution in [0.4, 0.5) is 0 Å². The minimum Gasteiger partial charge on any atom is -0.481 e. The lowest BCUT2D eigenvalue weighted by Gasteiger charge is -2.26. The summed E-state index contributed by atoms with van der Waals surface area (Å²) in [5, 5.41) is 3.52. The first-order valence-corrected chi connectivity index (χ1v) is 7.47. The molecule has 106 valence electrons. The van der Waals surface area contributed by atoms with Crippen LogP contribution in [0.3, 0.4) is 0 Å². The summed E-state index contributed by atoms with van der Waals surface area (Å²) in [4.78, 5) is 4.21. The average molecular weight is 262 g/mol. The third kappa shape index (κ3) is 4.83. The Hall–Kier alpha value is -1.09. The monoisotopic (exact) mass is 262 g/mol. The van der Waals surface area contributed by atoms with Crippen LogP contribution in [0.2, 0.25) is 0 Å². The lowest BCUT2D eigenvalue weighted by molar-refractivity contribution is 0.275. The van der Waals surface area contributed by atoms with Gasteiger partial charge in [-0.25, -0.2) is 4.98 Å². The highest BCUT2D eigenvalue weighted by Crippen LogP contribution is 2.29. The largest absolute Gasteiger partial charge is 0.481 e. The Morgan fingerprint density at radius 2 is 2.05 bits per heavy atom. The Labute approximate surface area is 116 Å². The normalized spacial score (nSPS) is 23.3. The van der Waals surface area contributed by atoms with Gasteiger partial charge in [0.1, 0.15) is 0 Å². The van der Waals surface area contributed by atoms with Gasteiger partial charge >= 0.3 is 0 Å². The smallest absolute Gasteiger partial charge is 0.212 e. The molecule has 0 saturated heterocycles. The number of aromatic nitrogens is 1. The molecule has 1 saturated carbocycles. The van der Waals surface area contributed by atoms with Crippen LogP contribution in [0, 0.1) is 11.8 Å². The summed E-state index contributed by atoms with van der Waals surface area (Å²) in [6, 6.07) is 3.99. The molecule has 0 spiro atoms. The zero-order valence-corrected chi connectivity index (χ0v) is 12.2. The maximum Gasteiger partial charge on any atom is 0.212 e. The fourth-order valence-electron chi connectivity index (χ4n) is 2.79. The Bertz CT molecular complexity index is 356. The number of methoxy groups -OCH3 is 1. The van der Waals surface area contributed by atoms with E-state index in [1.165, 1.54) is 37.7 Å². The summed E-state index contributed by atoms with van der Waals surface area (Å²) in [5.41, 5.74) is 1.22. The fourth-order valence-corrected chi connectivity index (χ4v) is 2.79. The molecule has 0 atom stereocenters. The van der Waals surface area contributed by atoms with Gasteiger partial charge < -0.3 is 10.1 Å². The quantitative estimate of drug-likeness (QED) is 0.798. The summed E-state index contributed by atoms with van der Waals surface area (Å²) in [5.74, 6) is 2.58. The molecule has 2 rings (SSSR count). The molecule has 3 nitrogen and oxygen atoms in total. The third-order valence-corrected chi connectivity index (χ3v) is 4.20. The summed E-state index contributed by atoms with van der Waals surface area (Å²) in [6.07, 6.45) is 8.89. The minimum atomic E-state index is 0.681. The van der Waals surface area contributed by atoms with Crippen LogP contribution < -0.4 is 10.1 Å². The van der Waals surface area contributed by atoms with Crippen LogP contribution >= 0.6 is 0 Å². The molecule has 0 radical (unpaired) electrons. The molecule has 0 unspecified atom stereocenters. The van der Waals surface area contributed by atoms with Gasteiger partial charge in [-0.1, -0.05) is 38.7 Å². The van der Waals surface area contributed by atoms with Crippen LogP contribution in [-0.4, -0.2) is 18.6 Å². The Morgan fingerprint density at radius 3 is 2.68 bits per heavy atom. The average Bonchev–Trinajstić information content (AvgIpc) is 2.46. The SMILES string of the molecule is COc1ccc(CNCCC2CCC(C)CC2)cn1. The van der Waals surface area contributed by atoms with Crippen molar-refractivity contribution in [1.29, 1.82) is 0 Å². The molecule has 0 amide bonds. The van der Waals surface area contributed by atoms with Crippen LogP contribution in [0.25, 0.3) is 0 Å². The standard InChI is InChI=1S/C16H26N2O/c1-13-3-5-14(6-4-13)9-10-17-11-15-7-8-16(19-2)18-12-15/h7-8,12-14,17H,3-6,9-11H2,1-2H3. The van der Waals surface area contributed by atoms with Crippen LogP contribution in [0.1, 0.15) is 44.6 Å². The van der Waals surface area contributed by atoms with E-state index in [0.29, 0.717) is 5.88 Å². The van der Waals surface area contributed by atoms with Gasteiger partial charge in [0.25, 0.3) is 0 Å². The second-order valence-corrected chi connectivity index (χ2v) is 5.80. The van der Waals surface area contributed by atoms with Crippen molar-refractivity contribution in [3.63, 3.8) is 0 Å². The van der Waals surface area contributed by atoms with Crippen molar-refractivity contribution in [3.8, 4) is 5.88 Å². The van der Waals surface area contributed by atoms with E-state index in [1.807, 2.05) is 12.3 Å². The second-order valence-electron chi connectivity index (χ2n) is 5.80. The molecule has 0 aromatic carbocycles. The van der Waals surface area contributed by atoms with E-state index >= 15 is 0 Å². The molecule has 1 fully saturated rings. The van der Waals surface area contributed by atoms with Gasteiger partial charge in [-0.3, -0.25) is 0 Å². The topological polar surface area (TPSA) is 34.1 Å². The predicted octanol–water partition coefficient (Wildman–Crippen LogP) is 3.40. The fraction of sp³-hybridized carbons (Fsp3) is 0.688. The van der Waals surface area contributed by atoms with E-state index in [1.54, 1.807) is 7.11 Å². The van der Waals surface area contributed by atoms with Crippen molar-refractivity contribution in [2.24, 2.45) is 11.8 Å². The molecule has 1 N–H and O–H groups in total. The number of hydrogen-bond acceptors (Lipinski definition) is 3. The van der Waals surface area contributed by atoms with Crippen LogP contribution in [-0.2, 0) is 6.54 Å². The van der Waals surface area contributed by atoms with Crippen molar-refractivity contribution in [1.82, 2.24) is 10.3 Å². The zero-order chi connectivity index (χ0) is 13.5. The van der Waals surface area contributed by atoms with Crippen molar-refractivity contribution in [2.75, 3.05) is 13.7 Å². The van der Waals surface area contributed by atoms with E-state index in [4.69, 9.17) is 4.74 Å². The Kier molecular flexibility index (Phi) is 5.64. The summed E-state index contributed by atoms with van der Waals surface area (Å²) in [7, 11) is 1.64. The zero-order valence-electron chi connectivity index (χ0n) is 12.2. The van der Waals surface area contributed by atoms with Crippen LogP contribution in [0.5, 0.6) is 5.88 Å². The first-order chi connectivity index (χ1) is 9.28. The van der Waals surface area contributed by atoms with E-state index in [0.717, 1.165) is 24.9 Å². The number of rotatable bonds is 6. The molecule has 0 bridgehead atoms. The summed E-state index contributed by atoms with van der Waals surface area (Å²) < 4.78 is 5.05. The predicted molar refractivity (Wildman–Crippen MR) is 78.2 cm³/mol. The van der Waals surface area contributed by atoms with Gasteiger partial charge in [0, 0.05) is 18.8 Å². The second kappa shape index (κ2) is 7.49. The van der Waals surface area contributed by atoms with E-state index < -0.39 is 0 Å². The van der Waals surface area contributed by atoms with Crippen molar-refractivity contribution in [3.05, 3.63) is 23.9 Å². The first-order valence-electron chi connectivity index (χ1n) is 7.47. The maximum atomic E-state index is 5.05. The maximum absolute atomic E-state index is 5.05. The summed E-state index contributed by atoms with van der Waals surface area (Å²) in [6.45, 7) is 4.40. The number of nitrogens with zero attached hydrogens (tertiary/aromatic N) is 1. The Morgan fingerprint density at radius 1 is 1.26 bits per heavy atom. The number of nitrogens with one attached hydrogen (secondary N) is 1. The molecule has 1 aliphatic rings. The van der Waals surface area contributed by atoms with Crippen molar-refractivity contribution in [2.45, 2.75) is 45.6 Å². The minimum absolute atomic E-state index is 0.681. The van der Waals surface area contributed by atoms with Gasteiger partial charge in [-0.05, 0) is 30.4 Å². The van der Waals surface area contributed by atoms with Gasteiger partial charge in [-0.15, -0.1) is 0 Å². The lowest BCUT2D eigenvalue weighted by Crippen LogP contribution is -2.20. The van der Waals surface area contributed by atoms with Crippen LogP contribution in [0.15, 0.2) is 18.3 Å². The number of ether oxygens (including phenoxy) is 1. The molecule has 0 aliphatic heterocycles. The first kappa shape index (κ1) is 14.3. The molecule has 1 aromatic heterocycles. The molecular weight excluding hydrogens is 236 g/mol. The van der Waals surface area contributed by atoms with E-state index in [2.05, 4.69) is 23.3 Å². The highest BCUT2D eigenvalue weighted by Gasteiger charge is 2.17. The highest BCUT2D eigenvalue weighted by atomic mass is 16.5. The van der Waals surface area contributed by atoms with Gasteiger partial charge in [-0.2, -0.15) is 0 Å².